The summed E-state index contributed by atoms with van der Waals surface area (Å²) in [5.74, 6) is -2.69. The van der Waals surface area contributed by atoms with Crippen LogP contribution in [0.4, 0.5) is 26.3 Å². The number of methoxy groups -OCH3 is 1. The second-order valence-electron chi connectivity index (χ2n) is 3.21. The number of pyridine rings is 1. The Balaban J connectivity index is 3.45. The maximum Gasteiger partial charge on any atom is 0.574 e. The molecule has 0 aromatic carbocycles. The van der Waals surface area contributed by atoms with Crippen molar-refractivity contribution >= 4 is 28.6 Å². The van der Waals surface area contributed by atoms with Gasteiger partial charge in [0.1, 0.15) is 9.26 Å². The summed E-state index contributed by atoms with van der Waals surface area (Å²) >= 11 is 1.18. The Morgan fingerprint density at radius 2 is 1.80 bits per heavy atom. The van der Waals surface area contributed by atoms with E-state index in [0.29, 0.717) is 0 Å². The second kappa shape index (κ2) is 5.61. The molecule has 0 N–H and O–H groups in total. The van der Waals surface area contributed by atoms with Crippen LogP contribution >= 0.6 is 22.6 Å². The Hall–Kier alpha value is -1.27. The van der Waals surface area contributed by atoms with Crippen molar-refractivity contribution in [3.63, 3.8) is 0 Å². The van der Waals surface area contributed by atoms with Crippen molar-refractivity contribution in [1.82, 2.24) is 4.98 Å². The molecule has 1 aromatic rings. The number of carbonyl (C=O) groups is 1. The van der Waals surface area contributed by atoms with Gasteiger partial charge in [0.25, 0.3) is 0 Å². The van der Waals surface area contributed by atoms with Crippen LogP contribution in [0.3, 0.4) is 0 Å². The maximum absolute atomic E-state index is 12.8. The van der Waals surface area contributed by atoms with E-state index in [1.165, 1.54) is 22.6 Å². The Bertz CT molecular complexity index is 528. The van der Waals surface area contributed by atoms with Crippen molar-refractivity contribution in [2.45, 2.75) is 12.5 Å². The number of alkyl halides is 6. The maximum atomic E-state index is 12.8. The van der Waals surface area contributed by atoms with Gasteiger partial charge in [-0.1, -0.05) is 0 Å². The predicted molar refractivity (Wildman–Crippen MR) is 60.0 cm³/mol. The number of esters is 1. The van der Waals surface area contributed by atoms with Crippen LogP contribution in [0.1, 0.15) is 15.9 Å². The second-order valence-corrected chi connectivity index (χ2v) is 4.23. The van der Waals surface area contributed by atoms with Crippen molar-refractivity contribution in [2.24, 2.45) is 0 Å². The number of ether oxygens (including phenoxy) is 2. The predicted octanol–water partition coefficient (Wildman–Crippen LogP) is 3.39. The van der Waals surface area contributed by atoms with Gasteiger partial charge in [0.15, 0.2) is 0 Å². The van der Waals surface area contributed by atoms with Crippen LogP contribution in [-0.4, -0.2) is 24.4 Å². The van der Waals surface area contributed by atoms with E-state index in [-0.39, 0.29) is 6.07 Å². The molecular weight excluding hydrogens is 411 g/mol. The van der Waals surface area contributed by atoms with E-state index >= 15 is 0 Å². The van der Waals surface area contributed by atoms with Crippen molar-refractivity contribution in [1.29, 1.82) is 0 Å². The molecule has 0 unspecified atom stereocenters. The molecule has 0 spiro atoms. The largest absolute Gasteiger partial charge is 0.574 e. The van der Waals surface area contributed by atoms with E-state index in [4.69, 9.17) is 0 Å². The number of hydrogen-bond acceptors (Lipinski definition) is 4. The molecule has 0 saturated heterocycles. The normalized spacial score (nSPS) is 12.2. The molecule has 0 aliphatic heterocycles. The molecule has 0 atom stereocenters. The van der Waals surface area contributed by atoms with E-state index in [9.17, 15) is 31.1 Å². The summed E-state index contributed by atoms with van der Waals surface area (Å²) < 4.78 is 81.1. The molecule has 0 amide bonds. The Labute approximate surface area is 121 Å². The van der Waals surface area contributed by atoms with Crippen LogP contribution in [-0.2, 0) is 10.9 Å². The van der Waals surface area contributed by atoms with E-state index in [1.807, 2.05) is 0 Å². The van der Waals surface area contributed by atoms with Crippen molar-refractivity contribution in [2.75, 3.05) is 7.11 Å². The van der Waals surface area contributed by atoms with Gasteiger partial charge in [0.05, 0.1) is 12.7 Å². The van der Waals surface area contributed by atoms with Crippen LogP contribution in [0.2, 0.25) is 0 Å². The Morgan fingerprint density at radius 3 is 2.20 bits per heavy atom. The molecule has 0 bridgehead atoms. The van der Waals surface area contributed by atoms with Crippen LogP contribution in [0, 0.1) is 3.70 Å². The summed E-state index contributed by atoms with van der Waals surface area (Å²) in [4.78, 5) is 14.4. The van der Waals surface area contributed by atoms with Gasteiger partial charge in [-0.05, 0) is 22.6 Å². The molecule has 112 valence electrons. The summed E-state index contributed by atoms with van der Waals surface area (Å²) in [7, 11) is 0.832. The zero-order valence-corrected chi connectivity index (χ0v) is 11.6. The van der Waals surface area contributed by atoms with Gasteiger partial charge in [0, 0.05) is 6.07 Å². The molecule has 20 heavy (non-hydrogen) atoms. The first-order chi connectivity index (χ1) is 8.95. The van der Waals surface area contributed by atoms with Crippen molar-refractivity contribution in [3.8, 4) is 5.88 Å². The van der Waals surface area contributed by atoms with Crippen LogP contribution < -0.4 is 4.74 Å². The van der Waals surface area contributed by atoms with E-state index in [2.05, 4.69) is 14.5 Å². The summed E-state index contributed by atoms with van der Waals surface area (Å²) in [5, 5.41) is 0. The molecule has 0 radical (unpaired) electrons. The molecule has 11 heteroatoms. The molecule has 0 aliphatic rings. The SMILES string of the molecule is COC(=O)c1c(C(F)(F)F)cc(OC(F)(F)F)nc1I. The quantitative estimate of drug-likeness (QED) is 0.322. The summed E-state index contributed by atoms with van der Waals surface area (Å²) in [6.45, 7) is 0. The lowest BCUT2D eigenvalue weighted by molar-refractivity contribution is -0.276. The number of nitrogens with zero attached hydrogens (tertiary/aromatic N) is 1. The summed E-state index contributed by atoms with van der Waals surface area (Å²) in [6.07, 6.45) is -10.3. The van der Waals surface area contributed by atoms with E-state index in [1.54, 1.807) is 0 Å². The number of halogens is 7. The highest BCUT2D eigenvalue weighted by Crippen LogP contribution is 2.36. The number of carbonyl (C=O) groups excluding carboxylic acids is 1. The third-order valence-electron chi connectivity index (χ3n) is 1.87. The minimum atomic E-state index is -5.20. The standard InChI is InChI=1S/C9H4F6INO3/c1-19-7(18)5-3(8(10,11)12)2-4(17-6(5)16)20-9(13,14)15/h2H,1H3. The highest BCUT2D eigenvalue weighted by Gasteiger charge is 2.40. The molecule has 1 rings (SSSR count). The molecule has 0 fully saturated rings. The van der Waals surface area contributed by atoms with Gasteiger partial charge >= 0.3 is 18.5 Å². The van der Waals surface area contributed by atoms with Gasteiger partial charge in [0.2, 0.25) is 5.88 Å². The average Bonchev–Trinajstić information content (AvgIpc) is 2.23. The lowest BCUT2D eigenvalue weighted by Crippen LogP contribution is -2.21. The highest BCUT2D eigenvalue weighted by molar-refractivity contribution is 14.1. The fourth-order valence-electron chi connectivity index (χ4n) is 1.18. The first-order valence-electron chi connectivity index (χ1n) is 4.57. The molecule has 0 aliphatic carbocycles. The van der Waals surface area contributed by atoms with Crippen molar-refractivity contribution < 1.29 is 40.6 Å². The van der Waals surface area contributed by atoms with E-state index < -0.39 is 39.2 Å². The third kappa shape index (κ3) is 4.11. The van der Waals surface area contributed by atoms with E-state index in [0.717, 1.165) is 7.11 Å². The molecular formula is C9H4F6INO3. The first-order valence-corrected chi connectivity index (χ1v) is 5.65. The molecule has 0 saturated carbocycles. The Kier molecular flexibility index (Phi) is 4.71. The lowest BCUT2D eigenvalue weighted by Gasteiger charge is -2.15. The minimum absolute atomic E-state index is 0.0120. The summed E-state index contributed by atoms with van der Waals surface area (Å²) in [5.41, 5.74) is -2.60. The highest BCUT2D eigenvalue weighted by atomic mass is 127. The van der Waals surface area contributed by atoms with Gasteiger partial charge in [-0.3, -0.25) is 0 Å². The summed E-state index contributed by atoms with van der Waals surface area (Å²) in [6, 6.07) is -0.0120. The van der Waals surface area contributed by atoms with Gasteiger partial charge in [-0.15, -0.1) is 13.2 Å². The minimum Gasteiger partial charge on any atom is -0.465 e. The fourth-order valence-corrected chi connectivity index (χ4v) is 1.93. The number of rotatable bonds is 2. The first kappa shape index (κ1) is 16.8. The van der Waals surface area contributed by atoms with Crippen LogP contribution in [0.5, 0.6) is 5.88 Å². The van der Waals surface area contributed by atoms with Gasteiger partial charge in [-0.25, -0.2) is 9.78 Å². The monoisotopic (exact) mass is 415 g/mol. The molecule has 1 heterocycles. The Morgan fingerprint density at radius 1 is 1.25 bits per heavy atom. The topological polar surface area (TPSA) is 48.4 Å². The molecule has 4 nitrogen and oxygen atoms in total. The average molecular weight is 415 g/mol. The van der Waals surface area contributed by atoms with Gasteiger partial charge < -0.3 is 9.47 Å². The third-order valence-corrected chi connectivity index (χ3v) is 2.65. The number of hydrogen-bond donors (Lipinski definition) is 0. The zero-order chi connectivity index (χ0) is 15.7. The fraction of sp³-hybridized carbons (Fsp3) is 0.333. The van der Waals surface area contributed by atoms with Gasteiger partial charge in [-0.2, -0.15) is 13.2 Å². The number of aromatic nitrogens is 1. The van der Waals surface area contributed by atoms with Crippen LogP contribution in [0.25, 0.3) is 0 Å². The lowest BCUT2D eigenvalue weighted by atomic mass is 10.1. The van der Waals surface area contributed by atoms with Crippen molar-refractivity contribution in [3.05, 3.63) is 20.9 Å². The zero-order valence-electron chi connectivity index (χ0n) is 9.40. The smallest absolute Gasteiger partial charge is 0.465 e. The molecule has 1 aromatic heterocycles. The van der Waals surface area contributed by atoms with Crippen LogP contribution in [0.15, 0.2) is 6.07 Å².